The van der Waals surface area contributed by atoms with E-state index in [1.165, 1.54) is 0 Å². The maximum Gasteiger partial charge on any atom is 0.244 e. The van der Waals surface area contributed by atoms with Crippen molar-refractivity contribution in [3.05, 3.63) is 66.2 Å². The van der Waals surface area contributed by atoms with E-state index in [9.17, 15) is 8.42 Å². The third kappa shape index (κ3) is 2.14. The molecule has 3 heterocycles. The van der Waals surface area contributed by atoms with E-state index in [4.69, 9.17) is 0 Å². The molecule has 1 saturated heterocycles. The molecule has 3 aromatic rings. The van der Waals surface area contributed by atoms with Gasteiger partial charge in [0, 0.05) is 29.6 Å². The molecular weight excluding hydrogens is 334 g/mol. The Hall–Kier alpha value is -2.31. The van der Waals surface area contributed by atoms with Crippen molar-refractivity contribution in [2.24, 2.45) is 0 Å². The van der Waals surface area contributed by atoms with Crippen LogP contribution in [-0.4, -0.2) is 28.7 Å². The van der Waals surface area contributed by atoms with Crippen molar-refractivity contribution in [1.82, 2.24) is 14.3 Å². The molecule has 5 nitrogen and oxygen atoms in total. The van der Waals surface area contributed by atoms with Crippen LogP contribution in [-0.2, 0) is 16.4 Å². The highest BCUT2D eigenvalue weighted by Gasteiger charge is 2.47. The number of rotatable bonds is 2. The molecule has 2 unspecified atom stereocenters. The maximum atomic E-state index is 13.6. The number of hydrogen-bond donors (Lipinski definition) is 0. The van der Waals surface area contributed by atoms with Gasteiger partial charge in [-0.15, -0.1) is 0 Å². The van der Waals surface area contributed by atoms with Crippen molar-refractivity contribution in [2.45, 2.75) is 36.2 Å². The Morgan fingerprint density at radius 3 is 2.80 bits per heavy atom. The molecule has 2 atom stereocenters. The van der Waals surface area contributed by atoms with Gasteiger partial charge < -0.3 is 0 Å². The van der Waals surface area contributed by atoms with Crippen LogP contribution < -0.4 is 0 Å². The summed E-state index contributed by atoms with van der Waals surface area (Å²) in [7, 11) is -3.59. The third-order valence-electron chi connectivity index (χ3n) is 5.36. The summed E-state index contributed by atoms with van der Waals surface area (Å²) in [6.07, 6.45) is 5.69. The van der Waals surface area contributed by atoms with E-state index in [1.54, 1.807) is 22.9 Å². The molecule has 0 spiro atoms. The molecule has 0 radical (unpaired) electrons. The standard InChI is InChI=1S/C19H17N3O2S/c23-25(24,19-7-3-5-13-4-1-2-6-15(13)19)22-14-8-9-18(22)16-11-20-12-21-17(16)10-14/h1-7,11-12,14,18H,8-10H2. The smallest absolute Gasteiger partial charge is 0.244 e. The van der Waals surface area contributed by atoms with Crippen LogP contribution in [0.3, 0.4) is 0 Å². The van der Waals surface area contributed by atoms with E-state index in [2.05, 4.69) is 9.97 Å². The first-order valence-electron chi connectivity index (χ1n) is 8.46. The summed E-state index contributed by atoms with van der Waals surface area (Å²) in [6.45, 7) is 0. The summed E-state index contributed by atoms with van der Waals surface area (Å²) in [5.41, 5.74) is 1.95. The number of aromatic nitrogens is 2. The second-order valence-electron chi connectivity index (χ2n) is 6.69. The zero-order valence-corrected chi connectivity index (χ0v) is 14.4. The lowest BCUT2D eigenvalue weighted by Crippen LogP contribution is -2.42. The van der Waals surface area contributed by atoms with Crippen molar-refractivity contribution in [1.29, 1.82) is 0 Å². The van der Waals surface area contributed by atoms with Crippen molar-refractivity contribution in [3.63, 3.8) is 0 Å². The molecule has 5 rings (SSSR count). The number of fused-ring (bicyclic) bond motifs is 5. The summed E-state index contributed by atoms with van der Waals surface area (Å²) >= 11 is 0. The Balaban J connectivity index is 1.68. The quantitative estimate of drug-likeness (QED) is 0.712. The highest BCUT2D eigenvalue weighted by molar-refractivity contribution is 7.89. The lowest BCUT2D eigenvalue weighted by molar-refractivity contribution is 0.300. The van der Waals surface area contributed by atoms with E-state index >= 15 is 0 Å². The molecule has 0 aliphatic carbocycles. The molecule has 25 heavy (non-hydrogen) atoms. The molecule has 1 fully saturated rings. The Kier molecular flexibility index (Phi) is 3.20. The zero-order chi connectivity index (χ0) is 17.0. The Labute approximate surface area is 146 Å². The van der Waals surface area contributed by atoms with E-state index in [1.807, 2.05) is 36.4 Å². The van der Waals surface area contributed by atoms with Crippen LogP contribution in [0.2, 0.25) is 0 Å². The first-order valence-corrected chi connectivity index (χ1v) is 9.90. The van der Waals surface area contributed by atoms with Gasteiger partial charge in [-0.3, -0.25) is 0 Å². The van der Waals surface area contributed by atoms with Crippen LogP contribution in [0.15, 0.2) is 59.9 Å². The van der Waals surface area contributed by atoms with Crippen molar-refractivity contribution >= 4 is 20.8 Å². The lowest BCUT2D eigenvalue weighted by Gasteiger charge is -2.34. The van der Waals surface area contributed by atoms with Gasteiger partial charge in [0.25, 0.3) is 0 Å². The fourth-order valence-electron chi connectivity index (χ4n) is 4.28. The molecule has 1 aromatic heterocycles. The predicted octanol–water partition coefficient (Wildman–Crippen LogP) is 3.08. The van der Waals surface area contributed by atoms with Crippen LogP contribution in [0.1, 0.15) is 30.1 Å². The van der Waals surface area contributed by atoms with E-state index in [0.717, 1.165) is 34.9 Å². The van der Waals surface area contributed by atoms with E-state index < -0.39 is 10.0 Å². The maximum absolute atomic E-state index is 13.6. The van der Waals surface area contributed by atoms with E-state index in [-0.39, 0.29) is 12.1 Å². The van der Waals surface area contributed by atoms with Gasteiger partial charge in [-0.1, -0.05) is 36.4 Å². The summed E-state index contributed by atoms with van der Waals surface area (Å²) < 4.78 is 28.8. The van der Waals surface area contributed by atoms with Gasteiger partial charge in [0.1, 0.15) is 6.33 Å². The molecule has 6 heteroatoms. The molecule has 126 valence electrons. The number of nitrogens with zero attached hydrogens (tertiary/aromatic N) is 3. The Bertz CT molecular complexity index is 1080. The SMILES string of the molecule is O=S(=O)(c1cccc2ccccc12)N1C2CCC1c1cncnc1C2. The normalized spacial score (nSPS) is 22.9. The molecule has 2 aliphatic heterocycles. The molecule has 0 saturated carbocycles. The van der Waals surface area contributed by atoms with Gasteiger partial charge in [-0.25, -0.2) is 18.4 Å². The average Bonchev–Trinajstić information content (AvgIpc) is 2.97. The summed E-state index contributed by atoms with van der Waals surface area (Å²) in [6, 6.07) is 12.9. The minimum atomic E-state index is -3.59. The van der Waals surface area contributed by atoms with Gasteiger partial charge in [-0.05, 0) is 24.3 Å². The molecule has 0 N–H and O–H groups in total. The molecule has 2 bridgehead atoms. The molecule has 0 amide bonds. The summed E-state index contributed by atoms with van der Waals surface area (Å²) in [5.74, 6) is 0. The molecule has 2 aromatic carbocycles. The zero-order valence-electron chi connectivity index (χ0n) is 13.5. The lowest BCUT2D eigenvalue weighted by atomic mass is 10.0. The van der Waals surface area contributed by atoms with Gasteiger partial charge in [-0.2, -0.15) is 4.31 Å². The summed E-state index contributed by atoms with van der Waals surface area (Å²) in [5, 5.41) is 1.72. The first kappa shape index (κ1) is 15.0. The van der Waals surface area contributed by atoms with Crippen molar-refractivity contribution in [2.75, 3.05) is 0 Å². The van der Waals surface area contributed by atoms with Crippen molar-refractivity contribution < 1.29 is 8.42 Å². The fourth-order valence-corrected chi connectivity index (χ4v) is 6.35. The largest absolute Gasteiger partial charge is 0.244 e. The van der Waals surface area contributed by atoms with Crippen LogP contribution >= 0.6 is 0 Å². The minimum Gasteiger partial charge on any atom is -0.244 e. The highest BCUT2D eigenvalue weighted by Crippen LogP contribution is 2.46. The summed E-state index contributed by atoms with van der Waals surface area (Å²) in [4.78, 5) is 8.88. The minimum absolute atomic E-state index is 0.0173. The van der Waals surface area contributed by atoms with Gasteiger partial charge in [0.05, 0.1) is 16.6 Å². The van der Waals surface area contributed by atoms with Crippen LogP contribution in [0.25, 0.3) is 10.8 Å². The topological polar surface area (TPSA) is 63.2 Å². The fraction of sp³-hybridized carbons (Fsp3) is 0.263. The monoisotopic (exact) mass is 351 g/mol. The number of benzene rings is 2. The van der Waals surface area contributed by atoms with Gasteiger partial charge in [0.2, 0.25) is 10.0 Å². The van der Waals surface area contributed by atoms with Crippen LogP contribution in [0.4, 0.5) is 0 Å². The second-order valence-corrected chi connectivity index (χ2v) is 8.50. The van der Waals surface area contributed by atoms with E-state index in [0.29, 0.717) is 11.3 Å². The average molecular weight is 351 g/mol. The third-order valence-corrected chi connectivity index (χ3v) is 7.38. The van der Waals surface area contributed by atoms with Gasteiger partial charge >= 0.3 is 0 Å². The Morgan fingerprint density at radius 2 is 1.88 bits per heavy atom. The van der Waals surface area contributed by atoms with Crippen LogP contribution in [0.5, 0.6) is 0 Å². The van der Waals surface area contributed by atoms with Gasteiger partial charge in [0.15, 0.2) is 0 Å². The predicted molar refractivity (Wildman–Crippen MR) is 94.5 cm³/mol. The van der Waals surface area contributed by atoms with Crippen LogP contribution in [0, 0.1) is 0 Å². The first-order chi connectivity index (χ1) is 12.2. The molecule has 2 aliphatic rings. The molecular formula is C19H17N3O2S. The highest BCUT2D eigenvalue weighted by atomic mass is 32.2. The Morgan fingerprint density at radius 1 is 1.04 bits per heavy atom. The van der Waals surface area contributed by atoms with Crippen molar-refractivity contribution in [3.8, 4) is 0 Å². The number of sulfonamides is 1. The number of hydrogen-bond acceptors (Lipinski definition) is 4. The second kappa shape index (κ2) is 5.34.